The van der Waals surface area contributed by atoms with Crippen LogP contribution in [0.5, 0.6) is 0 Å². The number of aryl methyl sites for hydroxylation is 1. The monoisotopic (exact) mass is 310 g/mol. The number of hydrogen-bond acceptors (Lipinski definition) is 3. The van der Waals surface area contributed by atoms with E-state index in [4.69, 9.17) is 5.73 Å². The average molecular weight is 311 g/mol. The summed E-state index contributed by atoms with van der Waals surface area (Å²) in [5, 5.41) is 2.77. The second-order valence-corrected chi connectivity index (χ2v) is 4.90. The summed E-state index contributed by atoms with van der Waals surface area (Å²) in [5.41, 5.74) is 7.93. The molecule has 18 heavy (non-hydrogen) atoms. The van der Waals surface area contributed by atoms with E-state index in [1.54, 1.807) is 4.40 Å². The Labute approximate surface area is 114 Å². The number of fused-ring (bicyclic) bond motifs is 1. The van der Waals surface area contributed by atoms with E-state index in [2.05, 4.69) is 26.2 Å². The molecule has 96 valence electrons. The number of hydrogen-bond donors (Lipinski definition) is 2. The van der Waals surface area contributed by atoms with Gasteiger partial charge in [0.05, 0.1) is 4.47 Å². The van der Waals surface area contributed by atoms with Gasteiger partial charge < -0.3 is 11.1 Å². The van der Waals surface area contributed by atoms with Gasteiger partial charge >= 0.3 is 0 Å². The molecule has 0 spiro atoms. The summed E-state index contributed by atoms with van der Waals surface area (Å²) in [7, 11) is 0. The zero-order valence-corrected chi connectivity index (χ0v) is 11.9. The maximum atomic E-state index is 11.9. The highest BCUT2D eigenvalue weighted by molar-refractivity contribution is 9.10. The largest absolute Gasteiger partial charge is 0.383 e. The van der Waals surface area contributed by atoms with Crippen LogP contribution in [0.15, 0.2) is 16.7 Å². The molecule has 0 aliphatic heterocycles. The van der Waals surface area contributed by atoms with Crippen molar-refractivity contribution in [1.29, 1.82) is 0 Å². The van der Waals surface area contributed by atoms with Crippen molar-refractivity contribution in [2.75, 3.05) is 12.3 Å². The number of imidazole rings is 1. The van der Waals surface area contributed by atoms with Crippen LogP contribution in [0.25, 0.3) is 5.65 Å². The van der Waals surface area contributed by atoms with Gasteiger partial charge in [-0.3, -0.25) is 9.20 Å². The molecule has 2 rings (SSSR count). The summed E-state index contributed by atoms with van der Waals surface area (Å²) in [5.74, 6) is 0.127. The molecule has 3 N–H and O–H groups in total. The lowest BCUT2D eigenvalue weighted by Crippen LogP contribution is -2.25. The van der Waals surface area contributed by atoms with Crippen molar-refractivity contribution in [1.82, 2.24) is 14.7 Å². The van der Waals surface area contributed by atoms with Gasteiger partial charge in [0.2, 0.25) is 0 Å². The van der Waals surface area contributed by atoms with Gasteiger partial charge in [0.1, 0.15) is 5.82 Å². The quantitative estimate of drug-likeness (QED) is 0.912. The van der Waals surface area contributed by atoms with Gasteiger partial charge in [-0.1, -0.05) is 6.92 Å². The fourth-order valence-corrected chi connectivity index (χ4v) is 2.09. The number of anilines is 1. The standard InChI is InChI=1S/C12H15BrN4O/c1-3-5-15-12(18)9-10(14)17-6-4-7(2)8(13)11(17)16-9/h4,6H,3,5,14H2,1-2H3,(H,15,18). The van der Waals surface area contributed by atoms with E-state index in [0.717, 1.165) is 16.5 Å². The van der Waals surface area contributed by atoms with Crippen LogP contribution in [0.2, 0.25) is 0 Å². The van der Waals surface area contributed by atoms with Gasteiger partial charge in [0, 0.05) is 12.7 Å². The minimum Gasteiger partial charge on any atom is -0.383 e. The number of carbonyl (C=O) groups excluding carboxylic acids is 1. The Morgan fingerprint density at radius 2 is 2.33 bits per heavy atom. The number of nitrogens with one attached hydrogen (secondary N) is 1. The van der Waals surface area contributed by atoms with Crippen molar-refractivity contribution in [3.05, 3.63) is 28.0 Å². The van der Waals surface area contributed by atoms with E-state index in [-0.39, 0.29) is 11.6 Å². The van der Waals surface area contributed by atoms with Crippen molar-refractivity contribution < 1.29 is 4.79 Å². The number of halogens is 1. The molecular weight excluding hydrogens is 296 g/mol. The van der Waals surface area contributed by atoms with Crippen molar-refractivity contribution in [3.63, 3.8) is 0 Å². The molecule has 0 bridgehead atoms. The predicted octanol–water partition coefficient (Wildman–Crippen LogP) is 2.13. The van der Waals surface area contributed by atoms with Crippen molar-refractivity contribution in [2.24, 2.45) is 0 Å². The van der Waals surface area contributed by atoms with Crippen LogP contribution in [0.4, 0.5) is 5.82 Å². The van der Waals surface area contributed by atoms with Gasteiger partial charge in [-0.15, -0.1) is 0 Å². The van der Waals surface area contributed by atoms with Gasteiger partial charge in [0.15, 0.2) is 11.3 Å². The van der Waals surface area contributed by atoms with Gasteiger partial charge in [-0.25, -0.2) is 4.98 Å². The molecule has 0 aliphatic carbocycles. The molecule has 0 aromatic carbocycles. The normalized spacial score (nSPS) is 10.8. The van der Waals surface area contributed by atoms with Crippen molar-refractivity contribution >= 4 is 33.3 Å². The van der Waals surface area contributed by atoms with Crippen LogP contribution in [0, 0.1) is 6.92 Å². The smallest absolute Gasteiger partial charge is 0.273 e. The highest BCUT2D eigenvalue weighted by atomic mass is 79.9. The fourth-order valence-electron chi connectivity index (χ4n) is 1.68. The second kappa shape index (κ2) is 4.97. The van der Waals surface area contributed by atoms with E-state index in [1.165, 1.54) is 0 Å². The Hall–Kier alpha value is -1.56. The molecule has 1 amide bonds. The van der Waals surface area contributed by atoms with E-state index in [0.29, 0.717) is 18.0 Å². The molecule has 2 aromatic rings. The molecule has 0 radical (unpaired) electrons. The number of nitrogen functional groups attached to an aromatic ring is 1. The van der Waals surface area contributed by atoms with Crippen LogP contribution in [-0.4, -0.2) is 21.8 Å². The molecule has 2 aromatic heterocycles. The summed E-state index contributed by atoms with van der Waals surface area (Å²) in [6.07, 6.45) is 2.69. The number of nitrogens with two attached hydrogens (primary N) is 1. The van der Waals surface area contributed by atoms with Crippen LogP contribution in [-0.2, 0) is 0 Å². The van der Waals surface area contributed by atoms with Crippen LogP contribution < -0.4 is 11.1 Å². The van der Waals surface area contributed by atoms with Gasteiger partial charge in [-0.2, -0.15) is 0 Å². The lowest BCUT2D eigenvalue weighted by molar-refractivity contribution is 0.0950. The topological polar surface area (TPSA) is 72.4 Å². The molecule has 0 unspecified atom stereocenters. The van der Waals surface area contributed by atoms with Crippen LogP contribution in [0.3, 0.4) is 0 Å². The van der Waals surface area contributed by atoms with Gasteiger partial charge in [-0.05, 0) is 40.9 Å². The average Bonchev–Trinajstić information content (AvgIpc) is 2.69. The number of aromatic nitrogens is 2. The van der Waals surface area contributed by atoms with E-state index >= 15 is 0 Å². The molecule has 0 saturated carbocycles. The number of pyridine rings is 1. The van der Waals surface area contributed by atoms with E-state index in [9.17, 15) is 4.79 Å². The van der Waals surface area contributed by atoms with E-state index in [1.807, 2.05) is 26.1 Å². The first-order valence-electron chi connectivity index (χ1n) is 5.77. The summed E-state index contributed by atoms with van der Waals surface area (Å²) >= 11 is 3.46. The third-order valence-electron chi connectivity index (χ3n) is 2.71. The summed E-state index contributed by atoms with van der Waals surface area (Å²) in [6.45, 7) is 4.57. The number of rotatable bonds is 3. The summed E-state index contributed by atoms with van der Waals surface area (Å²) < 4.78 is 2.56. The first-order valence-corrected chi connectivity index (χ1v) is 6.56. The zero-order valence-electron chi connectivity index (χ0n) is 10.3. The molecular formula is C12H15BrN4O. The minimum absolute atomic E-state index is 0.234. The van der Waals surface area contributed by atoms with Gasteiger partial charge in [0.25, 0.3) is 5.91 Å². The van der Waals surface area contributed by atoms with Crippen LogP contribution in [0.1, 0.15) is 29.4 Å². The third-order valence-corrected chi connectivity index (χ3v) is 3.69. The Bertz CT molecular complexity index is 606. The molecule has 0 atom stereocenters. The predicted molar refractivity (Wildman–Crippen MR) is 74.7 cm³/mol. The highest BCUT2D eigenvalue weighted by Crippen LogP contribution is 2.25. The van der Waals surface area contributed by atoms with E-state index < -0.39 is 0 Å². The molecule has 0 aliphatic rings. The maximum Gasteiger partial charge on any atom is 0.273 e. The maximum absolute atomic E-state index is 11.9. The molecule has 0 saturated heterocycles. The molecule has 0 fully saturated rings. The Balaban J connectivity index is 2.50. The lowest BCUT2D eigenvalue weighted by Gasteiger charge is -2.01. The number of nitrogens with zero attached hydrogens (tertiary/aromatic N) is 2. The fraction of sp³-hybridized carbons (Fsp3) is 0.333. The molecule has 5 nitrogen and oxygen atoms in total. The van der Waals surface area contributed by atoms with Crippen molar-refractivity contribution in [2.45, 2.75) is 20.3 Å². The Morgan fingerprint density at radius 1 is 1.61 bits per heavy atom. The third kappa shape index (κ3) is 2.08. The molecule has 6 heteroatoms. The van der Waals surface area contributed by atoms with Crippen LogP contribution >= 0.6 is 15.9 Å². The number of carbonyl (C=O) groups is 1. The summed E-state index contributed by atoms with van der Waals surface area (Å²) in [6, 6.07) is 1.92. The summed E-state index contributed by atoms with van der Waals surface area (Å²) in [4.78, 5) is 16.2. The second-order valence-electron chi connectivity index (χ2n) is 4.11. The first-order chi connectivity index (χ1) is 8.56. The van der Waals surface area contributed by atoms with Crippen molar-refractivity contribution in [3.8, 4) is 0 Å². The molecule has 2 heterocycles. The highest BCUT2D eigenvalue weighted by Gasteiger charge is 2.18. The minimum atomic E-state index is -0.234. The lowest BCUT2D eigenvalue weighted by atomic mass is 10.3. The zero-order chi connectivity index (χ0) is 13.3. The Morgan fingerprint density at radius 3 is 3.00 bits per heavy atom. The first kappa shape index (κ1) is 12.9. The number of amides is 1. The SMILES string of the molecule is CCCNC(=O)c1nc2c(Br)c(C)ccn2c1N. The Kier molecular flexibility index (Phi) is 3.56.